The average Bonchev–Trinajstić information content (AvgIpc) is 3.41. The number of carbonyl (C=O) groups excluding carboxylic acids is 2. The number of fused-ring (bicyclic) bond motifs is 5. The Morgan fingerprint density at radius 1 is 1.07 bits per heavy atom. The van der Waals surface area contributed by atoms with E-state index in [9.17, 15) is 35.1 Å². The van der Waals surface area contributed by atoms with Gasteiger partial charge in [0.2, 0.25) is 0 Å². The second-order valence-electron chi connectivity index (χ2n) is 14.0. The minimum absolute atomic E-state index is 0.0196. The molecule has 0 amide bonds. The second-order valence-corrected chi connectivity index (χ2v) is 15.5. The molecule has 11 heteroatoms. The first-order chi connectivity index (χ1) is 19.5. The highest BCUT2D eigenvalue weighted by molar-refractivity contribution is 8.02. The molecule has 5 aliphatic rings. The molecule has 1 heterocycles. The zero-order valence-electron chi connectivity index (χ0n) is 24.9. The van der Waals surface area contributed by atoms with E-state index in [1.807, 2.05) is 0 Å². The lowest BCUT2D eigenvalue weighted by Crippen LogP contribution is -2.73. The molecule has 1 saturated heterocycles. The SMILES string of the molecule is CCCC(O)(O)C1C[C@H]2[C@@H]3CC(F)C4=CC(=O)CC[C@]4(C)[C@]3(F)C(O)C[C@]2(C)C1(SC1CCOC1=O)C(O)(O)CCC. The number of carbonyl (C=O) groups is 2. The lowest BCUT2D eigenvalue weighted by atomic mass is 9.43. The van der Waals surface area contributed by atoms with Gasteiger partial charge in [0.25, 0.3) is 0 Å². The number of rotatable bonds is 8. The first-order valence-electron chi connectivity index (χ1n) is 15.5. The van der Waals surface area contributed by atoms with Crippen molar-refractivity contribution in [1.29, 1.82) is 0 Å². The molecule has 0 aromatic carbocycles. The molecule has 5 unspecified atom stereocenters. The molecule has 238 valence electrons. The van der Waals surface area contributed by atoms with Crippen molar-refractivity contribution in [3.05, 3.63) is 11.6 Å². The molecule has 5 N–H and O–H groups in total. The Hall–Kier alpha value is -1.11. The monoisotopic (exact) mass is 616 g/mol. The Morgan fingerprint density at radius 2 is 1.74 bits per heavy atom. The Morgan fingerprint density at radius 3 is 2.33 bits per heavy atom. The number of ketones is 1. The minimum Gasteiger partial charge on any atom is -0.465 e. The number of ether oxygens (including phenoxy) is 1. The molecule has 4 aliphatic carbocycles. The van der Waals surface area contributed by atoms with E-state index in [2.05, 4.69) is 0 Å². The summed E-state index contributed by atoms with van der Waals surface area (Å²) in [5, 5.41) is 58.4. The molecular weight excluding hydrogens is 570 g/mol. The van der Waals surface area contributed by atoms with Gasteiger partial charge >= 0.3 is 5.97 Å². The van der Waals surface area contributed by atoms with Crippen LogP contribution in [0, 0.1) is 28.6 Å². The molecule has 4 fully saturated rings. The Labute approximate surface area is 250 Å². The summed E-state index contributed by atoms with van der Waals surface area (Å²) >= 11 is 0.948. The van der Waals surface area contributed by atoms with Gasteiger partial charge in [-0.2, -0.15) is 0 Å². The van der Waals surface area contributed by atoms with Gasteiger partial charge in [-0.1, -0.05) is 40.5 Å². The normalized spacial score (nSPS) is 45.6. The van der Waals surface area contributed by atoms with Gasteiger partial charge in [-0.15, -0.1) is 11.8 Å². The van der Waals surface area contributed by atoms with Crippen LogP contribution in [0.3, 0.4) is 0 Å². The summed E-state index contributed by atoms with van der Waals surface area (Å²) in [6, 6.07) is 0. The van der Waals surface area contributed by atoms with E-state index < -0.39 is 74.1 Å². The minimum atomic E-state index is -2.57. The number of hydrogen-bond acceptors (Lipinski definition) is 9. The van der Waals surface area contributed by atoms with Crippen LogP contribution in [0.2, 0.25) is 0 Å². The Balaban J connectivity index is 1.74. The van der Waals surface area contributed by atoms with Gasteiger partial charge in [0.15, 0.2) is 17.4 Å². The fraction of sp³-hybridized carbons (Fsp3) is 0.871. The fourth-order valence-electron chi connectivity index (χ4n) is 10.0. The molecular formula is C31H46F2O8S. The van der Waals surface area contributed by atoms with E-state index in [-0.39, 0.29) is 69.3 Å². The van der Waals surface area contributed by atoms with Crippen LogP contribution in [0.1, 0.15) is 91.9 Å². The number of alkyl halides is 2. The number of allylic oxidation sites excluding steroid dienone is 1. The standard InChI is InChI=1S/C31H46F2O8S/c1-5-9-28(37,38)23-15-18-19-14-21(32)20-13-17(34)7-11-26(20,3)30(19,33)24(35)16-27(18,4)31(23,29(39,40)10-6-2)42-22-8-12-41-25(22)36/h13,18-19,21-24,35,37-40H,5-12,14-16H2,1-4H3/t18-,19-,21?,22?,23?,24?,26-,27-,30+,31?/m0/s1. The summed E-state index contributed by atoms with van der Waals surface area (Å²) in [6.45, 7) is 6.91. The number of esters is 1. The van der Waals surface area contributed by atoms with Crippen molar-refractivity contribution in [3.8, 4) is 0 Å². The third kappa shape index (κ3) is 4.16. The van der Waals surface area contributed by atoms with E-state index in [1.54, 1.807) is 27.7 Å². The number of cyclic esters (lactones) is 1. The van der Waals surface area contributed by atoms with E-state index in [4.69, 9.17) is 4.74 Å². The zero-order chi connectivity index (χ0) is 31.1. The smallest absolute Gasteiger partial charge is 0.319 e. The van der Waals surface area contributed by atoms with Gasteiger partial charge in [0.05, 0.1) is 17.5 Å². The molecule has 0 spiro atoms. The van der Waals surface area contributed by atoms with Crippen LogP contribution < -0.4 is 0 Å². The average molecular weight is 617 g/mol. The maximum atomic E-state index is 17.9. The maximum Gasteiger partial charge on any atom is 0.319 e. The molecule has 0 aromatic rings. The second kappa shape index (κ2) is 10.5. The van der Waals surface area contributed by atoms with Gasteiger partial charge < -0.3 is 30.3 Å². The highest BCUT2D eigenvalue weighted by Gasteiger charge is 2.81. The first-order valence-corrected chi connectivity index (χ1v) is 16.3. The summed E-state index contributed by atoms with van der Waals surface area (Å²) in [4.78, 5) is 25.1. The lowest BCUT2D eigenvalue weighted by Gasteiger charge is -2.66. The maximum absolute atomic E-state index is 17.9. The first kappa shape index (κ1) is 32.3. The summed E-state index contributed by atoms with van der Waals surface area (Å²) in [5.74, 6) is -9.02. The van der Waals surface area contributed by atoms with Crippen LogP contribution in [0.5, 0.6) is 0 Å². The molecule has 1 aliphatic heterocycles. The summed E-state index contributed by atoms with van der Waals surface area (Å²) in [5.41, 5.74) is -5.13. The Bertz CT molecular complexity index is 1150. The summed E-state index contributed by atoms with van der Waals surface area (Å²) in [6.07, 6.45) is -2.15. The van der Waals surface area contributed by atoms with Crippen molar-refractivity contribution in [2.75, 3.05) is 6.61 Å². The molecule has 42 heavy (non-hydrogen) atoms. The van der Waals surface area contributed by atoms with E-state index in [0.29, 0.717) is 12.8 Å². The van der Waals surface area contributed by atoms with Gasteiger partial charge in [-0.05, 0) is 48.7 Å². The number of thioether (sulfide) groups is 1. The molecule has 3 saturated carbocycles. The van der Waals surface area contributed by atoms with Crippen LogP contribution in [-0.2, 0) is 14.3 Å². The third-order valence-corrected chi connectivity index (χ3v) is 14.0. The number of hydrogen-bond donors (Lipinski definition) is 5. The predicted molar refractivity (Wildman–Crippen MR) is 151 cm³/mol. The van der Waals surface area contributed by atoms with Crippen LogP contribution in [0.4, 0.5) is 8.78 Å². The number of halogens is 2. The quantitative estimate of drug-likeness (QED) is 0.204. The van der Waals surface area contributed by atoms with Crippen molar-refractivity contribution < 1.29 is 48.6 Å². The Kier molecular flexibility index (Phi) is 8.05. The van der Waals surface area contributed by atoms with Crippen LogP contribution in [0.15, 0.2) is 11.6 Å². The highest BCUT2D eigenvalue weighted by Crippen LogP contribution is 2.77. The third-order valence-electron chi connectivity index (χ3n) is 11.8. The van der Waals surface area contributed by atoms with Gasteiger partial charge in [-0.3, -0.25) is 9.59 Å². The molecule has 0 aromatic heterocycles. The molecule has 5 rings (SSSR count). The topological polar surface area (TPSA) is 145 Å². The summed E-state index contributed by atoms with van der Waals surface area (Å²) in [7, 11) is 0. The van der Waals surface area contributed by atoms with Crippen molar-refractivity contribution in [3.63, 3.8) is 0 Å². The summed E-state index contributed by atoms with van der Waals surface area (Å²) < 4.78 is 37.3. The van der Waals surface area contributed by atoms with Crippen LogP contribution >= 0.6 is 11.8 Å². The van der Waals surface area contributed by atoms with E-state index in [1.165, 1.54) is 6.08 Å². The van der Waals surface area contributed by atoms with Gasteiger partial charge in [0, 0.05) is 42.9 Å². The number of aliphatic hydroxyl groups is 5. The molecule has 10 atom stereocenters. The fourth-order valence-corrected chi connectivity index (χ4v) is 12.1. The highest BCUT2D eigenvalue weighted by atomic mass is 32.2. The zero-order valence-corrected chi connectivity index (χ0v) is 25.8. The molecule has 0 radical (unpaired) electrons. The predicted octanol–water partition coefficient (Wildman–Crippen LogP) is 3.50. The van der Waals surface area contributed by atoms with Crippen LogP contribution in [0.25, 0.3) is 0 Å². The van der Waals surface area contributed by atoms with Crippen molar-refractivity contribution >= 4 is 23.5 Å². The van der Waals surface area contributed by atoms with Gasteiger partial charge in [0.1, 0.15) is 17.1 Å². The van der Waals surface area contributed by atoms with Gasteiger partial charge in [-0.25, -0.2) is 8.78 Å². The largest absolute Gasteiger partial charge is 0.465 e. The van der Waals surface area contributed by atoms with Crippen molar-refractivity contribution in [1.82, 2.24) is 0 Å². The van der Waals surface area contributed by atoms with Crippen molar-refractivity contribution in [2.45, 2.75) is 131 Å². The molecule has 0 bridgehead atoms. The van der Waals surface area contributed by atoms with E-state index >= 15 is 8.78 Å². The van der Waals surface area contributed by atoms with Crippen molar-refractivity contribution in [2.24, 2.45) is 28.6 Å². The molecule has 8 nitrogen and oxygen atoms in total. The van der Waals surface area contributed by atoms with E-state index in [0.717, 1.165) is 11.8 Å². The lowest BCUT2D eigenvalue weighted by molar-refractivity contribution is -0.278. The number of aliphatic hydroxyl groups excluding tert-OH is 1. The van der Waals surface area contributed by atoms with Crippen LogP contribution in [-0.4, -0.2) is 83.4 Å².